The number of hydrogen-bond acceptors (Lipinski definition) is 3. The lowest BCUT2D eigenvalue weighted by atomic mass is 9.93. The lowest BCUT2D eigenvalue weighted by molar-refractivity contribution is 0.309. The maximum atomic E-state index is 5.80. The second kappa shape index (κ2) is 3.69. The molecule has 1 aliphatic heterocycles. The largest absolute Gasteiger partial charge is 0.328 e. The molecule has 0 bridgehead atoms. The van der Waals surface area contributed by atoms with Crippen LogP contribution in [0.1, 0.15) is 31.4 Å². The van der Waals surface area contributed by atoms with Crippen molar-refractivity contribution in [3.8, 4) is 0 Å². The Morgan fingerprint density at radius 3 is 3.14 bits per heavy atom. The fraction of sp³-hybridized carbons (Fsp3) is 0.800. The van der Waals surface area contributed by atoms with E-state index in [1.807, 2.05) is 11.6 Å². The minimum Gasteiger partial charge on any atom is -0.328 e. The van der Waals surface area contributed by atoms with E-state index in [2.05, 4.69) is 17.0 Å². The molecule has 78 valence electrons. The van der Waals surface area contributed by atoms with Crippen LogP contribution in [0.5, 0.6) is 0 Å². The summed E-state index contributed by atoms with van der Waals surface area (Å²) in [5.74, 6) is 2.72. The van der Waals surface area contributed by atoms with Gasteiger partial charge in [0.15, 0.2) is 0 Å². The summed E-state index contributed by atoms with van der Waals surface area (Å²) in [5.41, 5.74) is 5.80. The van der Waals surface area contributed by atoms with Crippen LogP contribution in [0.3, 0.4) is 0 Å². The van der Waals surface area contributed by atoms with E-state index < -0.39 is 0 Å². The van der Waals surface area contributed by atoms with Gasteiger partial charge >= 0.3 is 0 Å². The number of nitrogens with zero attached hydrogens (tertiary/aromatic N) is 3. The van der Waals surface area contributed by atoms with Crippen LogP contribution < -0.4 is 5.73 Å². The van der Waals surface area contributed by atoms with Crippen LogP contribution >= 0.6 is 0 Å². The molecule has 0 aliphatic carbocycles. The van der Waals surface area contributed by atoms with Crippen molar-refractivity contribution in [2.24, 2.45) is 11.7 Å². The van der Waals surface area contributed by atoms with Gasteiger partial charge in [-0.05, 0) is 32.6 Å². The highest BCUT2D eigenvalue weighted by Crippen LogP contribution is 2.21. The Kier molecular flexibility index (Phi) is 2.54. The molecule has 2 heterocycles. The Morgan fingerprint density at radius 2 is 2.43 bits per heavy atom. The molecule has 2 rings (SSSR count). The molecule has 2 atom stereocenters. The molecular formula is C10H18N4. The van der Waals surface area contributed by atoms with Crippen LogP contribution in [0.15, 0.2) is 0 Å². The molecule has 1 aromatic heterocycles. The Morgan fingerprint density at radius 1 is 1.64 bits per heavy atom. The van der Waals surface area contributed by atoms with Gasteiger partial charge in [0, 0.05) is 19.0 Å². The van der Waals surface area contributed by atoms with Gasteiger partial charge in [-0.15, -0.1) is 0 Å². The summed E-state index contributed by atoms with van der Waals surface area (Å²) in [7, 11) is 0. The van der Waals surface area contributed by atoms with Crippen molar-refractivity contribution in [2.45, 2.75) is 45.7 Å². The molecule has 0 saturated heterocycles. The summed E-state index contributed by atoms with van der Waals surface area (Å²) in [6, 6.07) is 0.297. The predicted octanol–water partition coefficient (Wildman–Crippen LogP) is 0.886. The SMILES string of the molecule is Cc1nc2n(n1)CC(CC(C)N)CC2. The molecule has 4 heteroatoms. The van der Waals surface area contributed by atoms with E-state index in [0.29, 0.717) is 12.0 Å². The van der Waals surface area contributed by atoms with E-state index in [1.165, 1.54) is 6.42 Å². The fourth-order valence-electron chi connectivity index (χ4n) is 2.22. The van der Waals surface area contributed by atoms with Crippen LogP contribution in [0.25, 0.3) is 0 Å². The lowest BCUT2D eigenvalue weighted by Crippen LogP contribution is -2.27. The first-order chi connectivity index (χ1) is 6.65. The first-order valence-electron chi connectivity index (χ1n) is 5.31. The number of rotatable bonds is 2. The Labute approximate surface area is 84.5 Å². The lowest BCUT2D eigenvalue weighted by Gasteiger charge is -2.23. The van der Waals surface area contributed by atoms with Gasteiger partial charge in [-0.3, -0.25) is 0 Å². The average molecular weight is 194 g/mol. The minimum atomic E-state index is 0.297. The monoisotopic (exact) mass is 194 g/mol. The molecule has 14 heavy (non-hydrogen) atoms. The third-order valence-electron chi connectivity index (χ3n) is 2.77. The summed E-state index contributed by atoms with van der Waals surface area (Å²) in [5, 5.41) is 4.37. The topological polar surface area (TPSA) is 56.7 Å². The van der Waals surface area contributed by atoms with Gasteiger partial charge < -0.3 is 5.73 Å². The van der Waals surface area contributed by atoms with Crippen molar-refractivity contribution in [3.05, 3.63) is 11.6 Å². The van der Waals surface area contributed by atoms with Gasteiger partial charge in [-0.1, -0.05) is 0 Å². The van der Waals surface area contributed by atoms with E-state index >= 15 is 0 Å². The number of fused-ring (bicyclic) bond motifs is 1. The zero-order valence-corrected chi connectivity index (χ0v) is 8.90. The number of aryl methyl sites for hydroxylation is 2. The summed E-state index contributed by atoms with van der Waals surface area (Å²) < 4.78 is 2.05. The van der Waals surface area contributed by atoms with Crippen molar-refractivity contribution in [2.75, 3.05) is 0 Å². The highest BCUT2D eigenvalue weighted by Gasteiger charge is 2.21. The van der Waals surface area contributed by atoms with E-state index in [4.69, 9.17) is 5.73 Å². The first-order valence-corrected chi connectivity index (χ1v) is 5.31. The third-order valence-corrected chi connectivity index (χ3v) is 2.77. The fourth-order valence-corrected chi connectivity index (χ4v) is 2.22. The van der Waals surface area contributed by atoms with E-state index in [0.717, 1.165) is 31.0 Å². The van der Waals surface area contributed by atoms with E-state index in [-0.39, 0.29) is 0 Å². The number of aromatic nitrogens is 3. The van der Waals surface area contributed by atoms with Crippen LogP contribution in [0.2, 0.25) is 0 Å². The highest BCUT2D eigenvalue weighted by molar-refractivity contribution is 4.95. The maximum Gasteiger partial charge on any atom is 0.147 e. The van der Waals surface area contributed by atoms with Crippen LogP contribution in [-0.4, -0.2) is 20.8 Å². The molecule has 0 aromatic carbocycles. The maximum absolute atomic E-state index is 5.80. The van der Waals surface area contributed by atoms with Gasteiger partial charge in [0.05, 0.1) is 0 Å². The second-order valence-corrected chi connectivity index (χ2v) is 4.38. The summed E-state index contributed by atoms with van der Waals surface area (Å²) in [4.78, 5) is 4.39. The second-order valence-electron chi connectivity index (χ2n) is 4.38. The molecule has 2 unspecified atom stereocenters. The third kappa shape index (κ3) is 1.95. The van der Waals surface area contributed by atoms with Crippen molar-refractivity contribution in [1.82, 2.24) is 14.8 Å². The van der Waals surface area contributed by atoms with Crippen LogP contribution in [0.4, 0.5) is 0 Å². The zero-order chi connectivity index (χ0) is 10.1. The van der Waals surface area contributed by atoms with Gasteiger partial charge in [0.25, 0.3) is 0 Å². The molecule has 2 N–H and O–H groups in total. The molecule has 0 spiro atoms. The average Bonchev–Trinajstić information content (AvgIpc) is 2.42. The number of hydrogen-bond donors (Lipinski definition) is 1. The highest BCUT2D eigenvalue weighted by atomic mass is 15.3. The molecular weight excluding hydrogens is 176 g/mol. The zero-order valence-electron chi connectivity index (χ0n) is 8.90. The van der Waals surface area contributed by atoms with Crippen molar-refractivity contribution >= 4 is 0 Å². The Bertz CT molecular complexity index is 316. The Hall–Kier alpha value is -0.900. The van der Waals surface area contributed by atoms with Crippen molar-refractivity contribution in [1.29, 1.82) is 0 Å². The summed E-state index contributed by atoms with van der Waals surface area (Å²) in [6.45, 7) is 5.02. The molecule has 1 aliphatic rings. The number of nitrogens with two attached hydrogens (primary N) is 1. The summed E-state index contributed by atoms with van der Waals surface area (Å²) in [6.07, 6.45) is 3.36. The van der Waals surface area contributed by atoms with Crippen molar-refractivity contribution < 1.29 is 0 Å². The van der Waals surface area contributed by atoms with Crippen molar-refractivity contribution in [3.63, 3.8) is 0 Å². The first kappa shape index (κ1) is 9.65. The molecule has 4 nitrogen and oxygen atoms in total. The van der Waals surface area contributed by atoms with Crippen LogP contribution in [0, 0.1) is 12.8 Å². The quantitative estimate of drug-likeness (QED) is 0.760. The van der Waals surface area contributed by atoms with Gasteiger partial charge in [0.1, 0.15) is 11.6 Å². The predicted molar refractivity (Wildman–Crippen MR) is 54.8 cm³/mol. The normalized spacial score (nSPS) is 23.2. The smallest absolute Gasteiger partial charge is 0.147 e. The minimum absolute atomic E-state index is 0.297. The van der Waals surface area contributed by atoms with Gasteiger partial charge in [0.2, 0.25) is 0 Å². The molecule has 0 amide bonds. The van der Waals surface area contributed by atoms with Gasteiger partial charge in [-0.25, -0.2) is 9.67 Å². The molecule has 1 aromatic rings. The Balaban J connectivity index is 2.05. The molecule has 0 saturated carbocycles. The standard InChI is InChI=1S/C10H18N4/c1-7(11)5-9-3-4-10-12-8(2)13-14(10)6-9/h7,9H,3-6,11H2,1-2H3. The van der Waals surface area contributed by atoms with Gasteiger partial charge in [-0.2, -0.15) is 5.10 Å². The molecule has 0 radical (unpaired) electrons. The summed E-state index contributed by atoms with van der Waals surface area (Å²) >= 11 is 0. The van der Waals surface area contributed by atoms with E-state index in [1.54, 1.807) is 0 Å². The van der Waals surface area contributed by atoms with Crippen LogP contribution in [-0.2, 0) is 13.0 Å². The van der Waals surface area contributed by atoms with E-state index in [9.17, 15) is 0 Å². The molecule has 0 fully saturated rings.